The van der Waals surface area contributed by atoms with Gasteiger partial charge in [0.1, 0.15) is 12.4 Å². The maximum Gasteiger partial charge on any atom is 0.255 e. The highest BCUT2D eigenvalue weighted by molar-refractivity contribution is 6.30. The first kappa shape index (κ1) is 14.0. The molecule has 1 N–H and O–H groups in total. The molecule has 0 bridgehead atoms. The quantitative estimate of drug-likeness (QED) is 0.872. The van der Waals surface area contributed by atoms with Gasteiger partial charge in [-0.05, 0) is 42.5 Å². The van der Waals surface area contributed by atoms with Gasteiger partial charge in [-0.1, -0.05) is 23.6 Å². The summed E-state index contributed by atoms with van der Waals surface area (Å²) in [7, 11) is 0. The van der Waals surface area contributed by atoms with Gasteiger partial charge in [0.2, 0.25) is 0 Å². The SMILES string of the molecule is C#CCOc1ccc(C(=O)Nc2cccc(Cl)c2)cc1. The van der Waals surface area contributed by atoms with E-state index < -0.39 is 0 Å². The maximum absolute atomic E-state index is 12.0. The van der Waals surface area contributed by atoms with E-state index in [9.17, 15) is 4.79 Å². The molecule has 2 rings (SSSR count). The Morgan fingerprint density at radius 1 is 1.25 bits per heavy atom. The first-order chi connectivity index (χ1) is 9.69. The number of terminal acetylenes is 1. The van der Waals surface area contributed by atoms with Crippen LogP contribution in [0.25, 0.3) is 0 Å². The van der Waals surface area contributed by atoms with Crippen molar-refractivity contribution in [3.63, 3.8) is 0 Å². The number of anilines is 1. The van der Waals surface area contributed by atoms with E-state index in [4.69, 9.17) is 22.8 Å². The zero-order valence-corrected chi connectivity index (χ0v) is 11.4. The monoisotopic (exact) mass is 285 g/mol. The molecule has 0 aliphatic heterocycles. The van der Waals surface area contributed by atoms with Gasteiger partial charge in [-0.2, -0.15) is 0 Å². The van der Waals surface area contributed by atoms with E-state index in [-0.39, 0.29) is 12.5 Å². The number of halogens is 1. The lowest BCUT2D eigenvalue weighted by Crippen LogP contribution is -2.11. The van der Waals surface area contributed by atoms with Crippen LogP contribution < -0.4 is 10.1 Å². The summed E-state index contributed by atoms with van der Waals surface area (Å²) in [5.41, 5.74) is 1.17. The summed E-state index contributed by atoms with van der Waals surface area (Å²) in [6.07, 6.45) is 5.10. The molecule has 0 saturated carbocycles. The van der Waals surface area contributed by atoms with Crippen molar-refractivity contribution in [2.45, 2.75) is 0 Å². The van der Waals surface area contributed by atoms with Crippen LogP contribution in [0.5, 0.6) is 5.75 Å². The Labute approximate surface area is 122 Å². The number of hydrogen-bond acceptors (Lipinski definition) is 2. The number of benzene rings is 2. The summed E-state index contributed by atoms with van der Waals surface area (Å²) in [6.45, 7) is 0.202. The first-order valence-electron chi connectivity index (χ1n) is 5.92. The molecule has 2 aromatic carbocycles. The minimum Gasteiger partial charge on any atom is -0.481 e. The van der Waals surface area contributed by atoms with Crippen molar-refractivity contribution in [3.05, 3.63) is 59.1 Å². The summed E-state index contributed by atoms with van der Waals surface area (Å²) < 4.78 is 5.24. The fourth-order valence-electron chi connectivity index (χ4n) is 1.60. The molecule has 0 radical (unpaired) electrons. The van der Waals surface area contributed by atoms with Crippen molar-refractivity contribution >= 4 is 23.2 Å². The van der Waals surface area contributed by atoms with Crippen molar-refractivity contribution < 1.29 is 9.53 Å². The number of rotatable bonds is 4. The number of carbonyl (C=O) groups is 1. The van der Waals surface area contributed by atoms with Crippen LogP contribution in [0.2, 0.25) is 5.02 Å². The number of amides is 1. The molecular formula is C16H12ClNO2. The van der Waals surface area contributed by atoms with Crippen LogP contribution in [-0.4, -0.2) is 12.5 Å². The number of hydrogen-bond donors (Lipinski definition) is 1. The summed E-state index contributed by atoms with van der Waals surface area (Å²) in [4.78, 5) is 12.0. The van der Waals surface area contributed by atoms with Gasteiger partial charge >= 0.3 is 0 Å². The average Bonchev–Trinajstić information content (AvgIpc) is 2.45. The molecule has 20 heavy (non-hydrogen) atoms. The van der Waals surface area contributed by atoms with Crippen LogP contribution in [0.1, 0.15) is 10.4 Å². The standard InChI is InChI=1S/C16H12ClNO2/c1-2-10-20-15-8-6-12(7-9-15)16(19)18-14-5-3-4-13(17)11-14/h1,3-9,11H,10H2,(H,18,19). The Morgan fingerprint density at radius 2 is 2.00 bits per heavy atom. The zero-order valence-electron chi connectivity index (χ0n) is 10.6. The third-order valence-corrected chi connectivity index (χ3v) is 2.76. The average molecular weight is 286 g/mol. The first-order valence-corrected chi connectivity index (χ1v) is 6.30. The van der Waals surface area contributed by atoms with Crippen molar-refractivity contribution in [3.8, 4) is 18.1 Å². The molecule has 0 atom stereocenters. The van der Waals surface area contributed by atoms with Crippen molar-refractivity contribution in [2.75, 3.05) is 11.9 Å². The Bertz CT molecular complexity index is 644. The molecular weight excluding hydrogens is 274 g/mol. The van der Waals surface area contributed by atoms with Crippen molar-refractivity contribution in [1.29, 1.82) is 0 Å². The van der Waals surface area contributed by atoms with Gasteiger partial charge in [0.15, 0.2) is 0 Å². The van der Waals surface area contributed by atoms with E-state index >= 15 is 0 Å². The van der Waals surface area contributed by atoms with Crippen LogP contribution in [-0.2, 0) is 0 Å². The molecule has 0 fully saturated rings. The molecule has 0 saturated heterocycles. The fourth-order valence-corrected chi connectivity index (χ4v) is 1.79. The smallest absolute Gasteiger partial charge is 0.255 e. The van der Waals surface area contributed by atoms with Crippen LogP contribution in [0.15, 0.2) is 48.5 Å². The van der Waals surface area contributed by atoms with Crippen LogP contribution in [0.3, 0.4) is 0 Å². The van der Waals surface area contributed by atoms with Gasteiger partial charge < -0.3 is 10.1 Å². The number of ether oxygens (including phenoxy) is 1. The minimum atomic E-state index is -0.212. The van der Waals surface area contributed by atoms with Gasteiger partial charge in [-0.25, -0.2) is 0 Å². The molecule has 0 aliphatic carbocycles. The van der Waals surface area contributed by atoms with Crippen LogP contribution >= 0.6 is 11.6 Å². The summed E-state index contributed by atoms with van der Waals surface area (Å²) in [5.74, 6) is 2.79. The second-order valence-electron chi connectivity index (χ2n) is 3.98. The van der Waals surface area contributed by atoms with E-state index in [1.54, 1.807) is 48.5 Å². The molecule has 0 unspecified atom stereocenters. The summed E-state index contributed by atoms with van der Waals surface area (Å²) >= 11 is 5.86. The molecule has 2 aromatic rings. The Kier molecular flexibility index (Phi) is 4.65. The highest BCUT2D eigenvalue weighted by Crippen LogP contribution is 2.17. The van der Waals surface area contributed by atoms with Crippen molar-refractivity contribution in [1.82, 2.24) is 0 Å². The van der Waals surface area contributed by atoms with Gasteiger partial charge in [-0.15, -0.1) is 6.42 Å². The summed E-state index contributed by atoms with van der Waals surface area (Å²) in [5, 5.41) is 3.34. The Balaban J connectivity index is 2.04. The second kappa shape index (κ2) is 6.65. The molecule has 0 heterocycles. The van der Waals surface area contributed by atoms with E-state index in [1.807, 2.05) is 0 Å². The lowest BCUT2D eigenvalue weighted by Gasteiger charge is -2.07. The van der Waals surface area contributed by atoms with Gasteiger partial charge in [0, 0.05) is 16.3 Å². The second-order valence-corrected chi connectivity index (χ2v) is 4.42. The van der Waals surface area contributed by atoms with E-state index in [0.717, 1.165) is 0 Å². The normalized spacial score (nSPS) is 9.60. The lowest BCUT2D eigenvalue weighted by molar-refractivity contribution is 0.102. The molecule has 100 valence electrons. The Morgan fingerprint density at radius 3 is 2.65 bits per heavy atom. The zero-order chi connectivity index (χ0) is 14.4. The van der Waals surface area contributed by atoms with E-state index in [2.05, 4.69) is 11.2 Å². The van der Waals surface area contributed by atoms with E-state index in [0.29, 0.717) is 22.0 Å². The predicted octanol–water partition coefficient (Wildman–Crippen LogP) is 3.60. The van der Waals surface area contributed by atoms with Gasteiger partial charge in [0.25, 0.3) is 5.91 Å². The molecule has 3 nitrogen and oxygen atoms in total. The molecule has 4 heteroatoms. The maximum atomic E-state index is 12.0. The van der Waals surface area contributed by atoms with Crippen molar-refractivity contribution in [2.24, 2.45) is 0 Å². The number of nitrogens with one attached hydrogen (secondary N) is 1. The third kappa shape index (κ3) is 3.78. The van der Waals surface area contributed by atoms with Crippen LogP contribution in [0, 0.1) is 12.3 Å². The molecule has 1 amide bonds. The third-order valence-electron chi connectivity index (χ3n) is 2.52. The minimum absolute atomic E-state index is 0.202. The largest absolute Gasteiger partial charge is 0.481 e. The molecule has 0 aromatic heterocycles. The highest BCUT2D eigenvalue weighted by Gasteiger charge is 2.06. The fraction of sp³-hybridized carbons (Fsp3) is 0.0625. The van der Waals surface area contributed by atoms with Gasteiger partial charge in [0.05, 0.1) is 0 Å². The topological polar surface area (TPSA) is 38.3 Å². The van der Waals surface area contributed by atoms with E-state index in [1.165, 1.54) is 0 Å². The Hall–Kier alpha value is -2.44. The predicted molar refractivity (Wildman–Crippen MR) is 80.2 cm³/mol. The lowest BCUT2D eigenvalue weighted by atomic mass is 10.2. The van der Waals surface area contributed by atoms with Gasteiger partial charge in [-0.3, -0.25) is 4.79 Å². The van der Waals surface area contributed by atoms with Crippen LogP contribution in [0.4, 0.5) is 5.69 Å². The summed E-state index contributed by atoms with van der Waals surface area (Å²) in [6, 6.07) is 13.7. The number of carbonyl (C=O) groups excluding carboxylic acids is 1. The molecule has 0 aliphatic rings. The highest BCUT2D eigenvalue weighted by atomic mass is 35.5. The molecule has 0 spiro atoms.